The summed E-state index contributed by atoms with van der Waals surface area (Å²) in [6.07, 6.45) is 1.35. The Morgan fingerprint density at radius 2 is 1.68 bits per heavy atom. The summed E-state index contributed by atoms with van der Waals surface area (Å²) >= 11 is 6.97. The predicted molar refractivity (Wildman–Crippen MR) is 146 cm³/mol. The lowest BCUT2D eigenvalue weighted by Gasteiger charge is -2.26. The number of amides is 4. The zero-order valence-corrected chi connectivity index (χ0v) is 23.3. The van der Waals surface area contributed by atoms with E-state index >= 15 is 0 Å². The number of benzene rings is 3. The molecule has 11 heteroatoms. The van der Waals surface area contributed by atoms with Crippen LogP contribution in [-0.4, -0.2) is 38.0 Å². The molecule has 1 heterocycles. The van der Waals surface area contributed by atoms with Crippen LogP contribution in [0.1, 0.15) is 21.5 Å². The third-order valence-corrected chi connectivity index (χ3v) is 6.90. The van der Waals surface area contributed by atoms with E-state index in [2.05, 4.69) is 41.9 Å². The molecule has 38 heavy (non-hydrogen) atoms. The van der Waals surface area contributed by atoms with Gasteiger partial charge in [-0.2, -0.15) is 0 Å². The molecule has 1 saturated heterocycles. The zero-order chi connectivity index (χ0) is 27.4. The molecule has 0 aromatic heterocycles. The van der Waals surface area contributed by atoms with Gasteiger partial charge in [0.1, 0.15) is 12.2 Å². The molecular weight excluding hydrogens is 624 g/mol. The van der Waals surface area contributed by atoms with Crippen LogP contribution in [0, 0.1) is 0 Å². The van der Waals surface area contributed by atoms with Crippen molar-refractivity contribution in [3.05, 3.63) is 91.9 Å². The van der Waals surface area contributed by atoms with Gasteiger partial charge >= 0.3 is 12.0 Å². The van der Waals surface area contributed by atoms with Gasteiger partial charge in [-0.15, -0.1) is 0 Å². The van der Waals surface area contributed by atoms with Crippen molar-refractivity contribution >= 4 is 67.4 Å². The summed E-state index contributed by atoms with van der Waals surface area (Å²) in [7, 11) is 2.72. The Bertz CT molecular complexity index is 1470. The van der Waals surface area contributed by atoms with E-state index in [0.717, 1.165) is 14.9 Å². The molecule has 0 unspecified atom stereocenters. The molecule has 0 atom stereocenters. The van der Waals surface area contributed by atoms with Gasteiger partial charge in [0.15, 0.2) is 11.5 Å². The van der Waals surface area contributed by atoms with Gasteiger partial charge in [0.05, 0.1) is 29.9 Å². The topological polar surface area (TPSA) is 111 Å². The van der Waals surface area contributed by atoms with Crippen LogP contribution in [0.5, 0.6) is 11.5 Å². The largest absolute Gasteiger partial charge is 0.493 e. The van der Waals surface area contributed by atoms with Crippen LogP contribution in [0.2, 0.25) is 0 Å². The summed E-state index contributed by atoms with van der Waals surface area (Å²) in [5.74, 6) is -1.42. The smallest absolute Gasteiger partial charge is 0.337 e. The first-order chi connectivity index (χ1) is 18.2. The third-order valence-electron chi connectivity index (χ3n) is 5.54. The number of anilines is 1. The molecule has 0 saturated carbocycles. The molecule has 1 aliphatic heterocycles. The number of imide groups is 2. The number of barbiturate groups is 1. The Kier molecular flexibility index (Phi) is 8.28. The van der Waals surface area contributed by atoms with E-state index in [1.807, 2.05) is 24.3 Å². The second-order valence-corrected chi connectivity index (χ2v) is 9.62. The van der Waals surface area contributed by atoms with Crippen LogP contribution in [0.25, 0.3) is 6.08 Å². The second kappa shape index (κ2) is 11.6. The molecule has 4 rings (SSSR count). The summed E-state index contributed by atoms with van der Waals surface area (Å²) in [5.41, 5.74) is 1.54. The van der Waals surface area contributed by atoms with Crippen molar-refractivity contribution in [2.75, 3.05) is 19.1 Å². The first-order valence-electron chi connectivity index (χ1n) is 11.1. The molecule has 3 aromatic rings. The van der Waals surface area contributed by atoms with Crippen LogP contribution >= 0.6 is 31.9 Å². The Hall–Kier alpha value is -3.96. The van der Waals surface area contributed by atoms with Crippen LogP contribution in [-0.2, 0) is 20.9 Å². The van der Waals surface area contributed by atoms with Crippen molar-refractivity contribution in [1.29, 1.82) is 0 Å². The van der Waals surface area contributed by atoms with Crippen molar-refractivity contribution in [2.45, 2.75) is 6.61 Å². The molecule has 0 spiro atoms. The van der Waals surface area contributed by atoms with Gasteiger partial charge in [-0.3, -0.25) is 14.9 Å². The fourth-order valence-corrected chi connectivity index (χ4v) is 4.63. The first kappa shape index (κ1) is 27.1. The van der Waals surface area contributed by atoms with Gasteiger partial charge in [0.2, 0.25) is 0 Å². The van der Waals surface area contributed by atoms with E-state index in [-0.39, 0.29) is 23.4 Å². The van der Waals surface area contributed by atoms with Crippen LogP contribution in [0.3, 0.4) is 0 Å². The molecule has 194 valence electrons. The Morgan fingerprint density at radius 3 is 2.34 bits per heavy atom. The summed E-state index contributed by atoms with van der Waals surface area (Å²) in [4.78, 5) is 50.9. The van der Waals surface area contributed by atoms with E-state index < -0.39 is 23.8 Å². The summed E-state index contributed by atoms with van der Waals surface area (Å²) in [5, 5.41) is 2.17. The molecule has 4 amide bonds. The summed E-state index contributed by atoms with van der Waals surface area (Å²) < 4.78 is 17.6. The van der Waals surface area contributed by atoms with Crippen molar-refractivity contribution in [2.24, 2.45) is 0 Å². The third kappa shape index (κ3) is 5.63. The van der Waals surface area contributed by atoms with Crippen LogP contribution < -0.4 is 19.7 Å². The molecule has 1 N–H and O–H groups in total. The number of hydrogen-bond donors (Lipinski definition) is 1. The monoisotopic (exact) mass is 642 g/mol. The molecule has 0 aliphatic carbocycles. The van der Waals surface area contributed by atoms with Gasteiger partial charge in [-0.25, -0.2) is 14.5 Å². The van der Waals surface area contributed by atoms with E-state index in [0.29, 0.717) is 21.5 Å². The highest BCUT2D eigenvalue weighted by molar-refractivity contribution is 9.10. The number of rotatable bonds is 7. The minimum atomic E-state index is -0.905. The summed E-state index contributed by atoms with van der Waals surface area (Å²) in [6.45, 7) is 0.267. The van der Waals surface area contributed by atoms with E-state index in [4.69, 9.17) is 9.47 Å². The quantitative estimate of drug-likeness (QED) is 0.213. The van der Waals surface area contributed by atoms with Gasteiger partial charge in [-0.1, -0.05) is 34.1 Å². The Labute approximate surface area is 234 Å². The maximum Gasteiger partial charge on any atom is 0.337 e. The zero-order valence-electron chi connectivity index (χ0n) is 20.1. The van der Waals surface area contributed by atoms with Gasteiger partial charge in [0.25, 0.3) is 11.8 Å². The number of urea groups is 1. The SMILES string of the molecule is COC(=O)c1ccc(N2C(=O)NC(=O)/C(=C\c3cc(Br)c(OCc4ccccc4Br)c(OC)c3)C2=O)cc1. The Balaban J connectivity index is 1.63. The molecule has 0 bridgehead atoms. The molecule has 3 aromatic carbocycles. The van der Waals surface area contributed by atoms with Crippen molar-refractivity contribution < 1.29 is 33.4 Å². The first-order valence-corrected chi connectivity index (χ1v) is 12.7. The van der Waals surface area contributed by atoms with Crippen molar-refractivity contribution in [1.82, 2.24) is 5.32 Å². The Morgan fingerprint density at radius 1 is 0.974 bits per heavy atom. The maximum atomic E-state index is 13.2. The second-order valence-electron chi connectivity index (χ2n) is 7.91. The number of carbonyl (C=O) groups is 4. The van der Waals surface area contributed by atoms with Crippen molar-refractivity contribution in [3.8, 4) is 11.5 Å². The highest BCUT2D eigenvalue weighted by Crippen LogP contribution is 2.38. The lowest BCUT2D eigenvalue weighted by atomic mass is 10.1. The number of halogens is 2. The van der Waals surface area contributed by atoms with E-state index in [1.165, 1.54) is 44.6 Å². The lowest BCUT2D eigenvalue weighted by Crippen LogP contribution is -2.54. The maximum absolute atomic E-state index is 13.2. The van der Waals surface area contributed by atoms with Crippen molar-refractivity contribution in [3.63, 3.8) is 0 Å². The number of hydrogen-bond acceptors (Lipinski definition) is 7. The number of nitrogens with zero attached hydrogens (tertiary/aromatic N) is 1. The standard InChI is InChI=1S/C27H20Br2N2O7/c1-36-22-13-15(12-21(29)23(22)38-14-17-5-3-4-6-20(17)28)11-19-24(32)30-27(35)31(25(19)33)18-9-7-16(8-10-18)26(34)37-2/h3-13H,14H2,1-2H3,(H,30,32,35)/b19-11+. The summed E-state index contributed by atoms with van der Waals surface area (Å²) in [6, 6.07) is 15.7. The van der Waals surface area contributed by atoms with Gasteiger partial charge in [-0.05, 0) is 70.0 Å². The minimum absolute atomic E-state index is 0.174. The lowest BCUT2D eigenvalue weighted by molar-refractivity contribution is -0.122. The molecule has 9 nitrogen and oxygen atoms in total. The average Bonchev–Trinajstić information content (AvgIpc) is 2.90. The molecule has 1 fully saturated rings. The normalized spacial score (nSPS) is 14.4. The fraction of sp³-hybridized carbons (Fsp3) is 0.111. The number of methoxy groups -OCH3 is 2. The average molecular weight is 644 g/mol. The molecular formula is C27H20Br2N2O7. The fourth-order valence-electron chi connectivity index (χ4n) is 3.65. The predicted octanol–water partition coefficient (Wildman–Crippen LogP) is 5.25. The minimum Gasteiger partial charge on any atom is -0.493 e. The number of carbonyl (C=O) groups excluding carboxylic acids is 4. The van der Waals surface area contributed by atoms with Crippen LogP contribution in [0.15, 0.2) is 75.2 Å². The van der Waals surface area contributed by atoms with E-state index in [9.17, 15) is 19.2 Å². The molecule has 0 radical (unpaired) electrons. The number of nitrogens with one attached hydrogen (secondary N) is 1. The van der Waals surface area contributed by atoms with Crippen LogP contribution in [0.4, 0.5) is 10.5 Å². The number of esters is 1. The van der Waals surface area contributed by atoms with Gasteiger partial charge in [0, 0.05) is 10.0 Å². The highest BCUT2D eigenvalue weighted by Gasteiger charge is 2.37. The molecule has 1 aliphatic rings. The number of ether oxygens (including phenoxy) is 3. The van der Waals surface area contributed by atoms with Gasteiger partial charge < -0.3 is 14.2 Å². The highest BCUT2D eigenvalue weighted by atomic mass is 79.9. The van der Waals surface area contributed by atoms with E-state index in [1.54, 1.807) is 12.1 Å².